The van der Waals surface area contributed by atoms with Crippen LogP contribution in [0, 0.1) is 0 Å². The number of ether oxygens (including phenoxy) is 2. The molecule has 0 bridgehead atoms. The van der Waals surface area contributed by atoms with E-state index >= 15 is 0 Å². The highest BCUT2D eigenvalue weighted by Crippen LogP contribution is 2.30. The van der Waals surface area contributed by atoms with Gasteiger partial charge in [0.1, 0.15) is 0 Å². The van der Waals surface area contributed by atoms with Gasteiger partial charge in [-0.25, -0.2) is 13.7 Å². The Labute approximate surface area is 164 Å². The summed E-state index contributed by atoms with van der Waals surface area (Å²) in [6, 6.07) is 7.93. The van der Waals surface area contributed by atoms with E-state index < -0.39 is 27.2 Å². The van der Waals surface area contributed by atoms with Gasteiger partial charge >= 0.3 is 5.97 Å². The lowest BCUT2D eigenvalue weighted by Crippen LogP contribution is -2.55. The Morgan fingerprint density at radius 2 is 2.04 bits per heavy atom. The molecular formula is C21H29NO4S. The van der Waals surface area contributed by atoms with Crippen molar-refractivity contribution in [1.29, 1.82) is 0 Å². The summed E-state index contributed by atoms with van der Waals surface area (Å²) >= 11 is 0. The maximum absolute atomic E-state index is 13.0. The number of carbonyl (C=O) groups is 1. The number of esters is 1. The maximum Gasteiger partial charge on any atom is 0.331 e. The minimum atomic E-state index is -1.48. The Morgan fingerprint density at radius 3 is 2.67 bits per heavy atom. The van der Waals surface area contributed by atoms with E-state index in [0.29, 0.717) is 13.2 Å². The Morgan fingerprint density at radius 1 is 1.33 bits per heavy atom. The fourth-order valence-corrected chi connectivity index (χ4v) is 3.71. The van der Waals surface area contributed by atoms with Gasteiger partial charge in [0.05, 0.1) is 35.6 Å². The Balaban J connectivity index is 2.56. The van der Waals surface area contributed by atoms with E-state index in [2.05, 4.69) is 11.3 Å². The standard InChI is InChI=1S/C21H29NO4S/c1-6-12-21(19(23)26-7-2,22-27(24)20(3,4)5)13-17-15-25-14-16-10-8-9-11-18(16)17/h6,8-11,13,22H,1,7,12,14-15H2,2-5H3/t21-,27-/m1/s1. The number of nitrogens with one attached hydrogen (secondary N) is 1. The highest BCUT2D eigenvalue weighted by Gasteiger charge is 2.41. The number of fused-ring (bicyclic) bond motifs is 1. The zero-order valence-corrected chi connectivity index (χ0v) is 17.4. The van der Waals surface area contributed by atoms with Crippen LogP contribution in [0.25, 0.3) is 5.57 Å². The van der Waals surface area contributed by atoms with Crippen LogP contribution >= 0.6 is 0 Å². The summed E-state index contributed by atoms with van der Waals surface area (Å²) in [6.45, 7) is 12.2. The zero-order chi connectivity index (χ0) is 20.1. The molecule has 5 nitrogen and oxygen atoms in total. The first kappa shape index (κ1) is 21.5. The van der Waals surface area contributed by atoms with E-state index in [1.54, 1.807) is 19.1 Å². The van der Waals surface area contributed by atoms with Gasteiger partial charge in [-0.2, -0.15) is 0 Å². The normalized spacial score (nSPS) is 19.0. The van der Waals surface area contributed by atoms with Gasteiger partial charge < -0.3 is 9.47 Å². The second kappa shape index (κ2) is 8.95. The quantitative estimate of drug-likeness (QED) is 0.570. The molecule has 0 saturated heterocycles. The van der Waals surface area contributed by atoms with Crippen LogP contribution in [0.4, 0.5) is 0 Å². The maximum atomic E-state index is 13.0. The number of hydrogen-bond donors (Lipinski definition) is 1. The molecule has 0 aromatic heterocycles. The first-order valence-electron chi connectivity index (χ1n) is 9.09. The van der Waals surface area contributed by atoms with Crippen molar-refractivity contribution in [3.8, 4) is 0 Å². The Bertz CT molecular complexity index is 751. The van der Waals surface area contributed by atoms with Gasteiger partial charge in [-0.3, -0.25) is 0 Å². The second-order valence-electron chi connectivity index (χ2n) is 7.49. The van der Waals surface area contributed by atoms with Gasteiger partial charge in [-0.05, 0) is 56.9 Å². The predicted octanol–water partition coefficient (Wildman–Crippen LogP) is 3.53. The monoisotopic (exact) mass is 391 g/mol. The molecule has 0 unspecified atom stereocenters. The molecule has 0 saturated carbocycles. The van der Waals surface area contributed by atoms with Crippen LogP contribution in [0.3, 0.4) is 0 Å². The van der Waals surface area contributed by atoms with Crippen molar-refractivity contribution in [1.82, 2.24) is 4.72 Å². The minimum absolute atomic E-state index is 0.234. The van der Waals surface area contributed by atoms with E-state index in [0.717, 1.165) is 16.7 Å². The van der Waals surface area contributed by atoms with E-state index in [1.807, 2.05) is 45.0 Å². The highest BCUT2D eigenvalue weighted by atomic mass is 32.2. The fourth-order valence-electron chi connectivity index (χ4n) is 2.85. The second-order valence-corrected chi connectivity index (χ2v) is 9.45. The SMILES string of the molecule is C=CC[C@](C=C1COCc2ccccc21)(N[S@](=O)C(C)(C)C)C(=O)OCC. The van der Waals surface area contributed by atoms with Gasteiger partial charge in [0, 0.05) is 0 Å². The predicted molar refractivity (Wildman–Crippen MR) is 109 cm³/mol. The third kappa shape index (κ3) is 5.15. The summed E-state index contributed by atoms with van der Waals surface area (Å²) in [5.41, 5.74) is 1.68. The molecule has 0 aliphatic carbocycles. The number of carbonyl (C=O) groups excluding carboxylic acids is 1. The Kier molecular flexibility index (Phi) is 7.14. The molecule has 148 valence electrons. The molecule has 2 rings (SSSR count). The summed E-state index contributed by atoms with van der Waals surface area (Å²) in [6.07, 6.45) is 3.68. The van der Waals surface area contributed by atoms with Crippen molar-refractivity contribution in [2.24, 2.45) is 0 Å². The molecule has 27 heavy (non-hydrogen) atoms. The molecule has 1 aliphatic rings. The summed E-state index contributed by atoms with van der Waals surface area (Å²) in [5.74, 6) is -0.474. The third-order valence-electron chi connectivity index (χ3n) is 4.24. The van der Waals surface area contributed by atoms with E-state index in [9.17, 15) is 9.00 Å². The van der Waals surface area contributed by atoms with Crippen LogP contribution < -0.4 is 4.72 Å². The van der Waals surface area contributed by atoms with Crippen molar-refractivity contribution in [3.63, 3.8) is 0 Å². The van der Waals surface area contributed by atoms with Gasteiger partial charge in [0.25, 0.3) is 0 Å². The minimum Gasteiger partial charge on any atom is -0.464 e. The van der Waals surface area contributed by atoms with Crippen molar-refractivity contribution in [2.45, 2.75) is 51.0 Å². The van der Waals surface area contributed by atoms with Gasteiger partial charge in [0.15, 0.2) is 5.54 Å². The lowest BCUT2D eigenvalue weighted by molar-refractivity contribution is -0.148. The molecule has 1 aliphatic heterocycles. The number of benzene rings is 1. The van der Waals surface area contributed by atoms with Gasteiger partial charge in [0.2, 0.25) is 0 Å². The summed E-state index contributed by atoms with van der Waals surface area (Å²) in [4.78, 5) is 13.0. The average Bonchev–Trinajstić information content (AvgIpc) is 2.61. The van der Waals surface area contributed by atoms with E-state index in [1.165, 1.54) is 0 Å². The van der Waals surface area contributed by atoms with Crippen LogP contribution in [0.5, 0.6) is 0 Å². The van der Waals surface area contributed by atoms with Gasteiger partial charge in [-0.15, -0.1) is 6.58 Å². The summed E-state index contributed by atoms with van der Waals surface area (Å²) in [5, 5.41) is 0. The first-order chi connectivity index (χ1) is 12.7. The van der Waals surface area contributed by atoms with Crippen molar-refractivity contribution in [2.75, 3.05) is 13.2 Å². The largest absolute Gasteiger partial charge is 0.464 e. The topological polar surface area (TPSA) is 64.6 Å². The number of rotatable bonds is 7. The van der Waals surface area contributed by atoms with E-state index in [-0.39, 0.29) is 13.0 Å². The molecule has 1 aromatic carbocycles. The number of hydrogen-bond acceptors (Lipinski definition) is 4. The van der Waals surface area contributed by atoms with Crippen LogP contribution in [-0.2, 0) is 31.9 Å². The smallest absolute Gasteiger partial charge is 0.331 e. The van der Waals surface area contributed by atoms with Gasteiger partial charge in [-0.1, -0.05) is 30.3 Å². The van der Waals surface area contributed by atoms with Crippen LogP contribution in [-0.4, -0.2) is 33.7 Å². The third-order valence-corrected chi connectivity index (χ3v) is 5.90. The average molecular weight is 392 g/mol. The van der Waals surface area contributed by atoms with Crippen molar-refractivity contribution in [3.05, 3.63) is 54.1 Å². The Hall–Kier alpha value is -1.76. The molecule has 0 amide bonds. The van der Waals surface area contributed by atoms with Crippen LogP contribution in [0.15, 0.2) is 43.0 Å². The molecule has 2 atom stereocenters. The zero-order valence-electron chi connectivity index (χ0n) is 16.5. The fraction of sp³-hybridized carbons (Fsp3) is 0.476. The molecule has 1 N–H and O–H groups in total. The lowest BCUT2D eigenvalue weighted by atomic mass is 9.89. The molecular weight excluding hydrogens is 362 g/mol. The lowest BCUT2D eigenvalue weighted by Gasteiger charge is -2.33. The molecule has 1 aromatic rings. The summed E-state index contributed by atoms with van der Waals surface area (Å²) < 4.78 is 26.4. The van der Waals surface area contributed by atoms with Crippen LogP contribution in [0.2, 0.25) is 0 Å². The molecule has 6 heteroatoms. The summed E-state index contributed by atoms with van der Waals surface area (Å²) in [7, 11) is -1.48. The molecule has 0 spiro atoms. The molecule has 1 heterocycles. The van der Waals surface area contributed by atoms with Crippen molar-refractivity contribution >= 4 is 22.5 Å². The first-order valence-corrected chi connectivity index (χ1v) is 10.2. The molecule has 0 radical (unpaired) electrons. The molecule has 0 fully saturated rings. The van der Waals surface area contributed by atoms with Crippen molar-refractivity contribution < 1.29 is 18.5 Å². The van der Waals surface area contributed by atoms with E-state index in [4.69, 9.17) is 9.47 Å². The highest BCUT2D eigenvalue weighted by molar-refractivity contribution is 7.84. The van der Waals surface area contributed by atoms with Crippen LogP contribution in [0.1, 0.15) is 45.2 Å².